The average Bonchev–Trinajstić information content (AvgIpc) is 2.96. The molecule has 2 fully saturated rings. The lowest BCUT2D eigenvalue weighted by atomic mass is 10.0. The number of hydrogen-bond acceptors (Lipinski definition) is 2. The number of rotatable bonds is 4. The summed E-state index contributed by atoms with van der Waals surface area (Å²) in [7, 11) is 0. The highest BCUT2D eigenvalue weighted by Crippen LogP contribution is 2.57. The van der Waals surface area contributed by atoms with Crippen molar-refractivity contribution in [2.24, 2.45) is 11.3 Å². The third-order valence-corrected chi connectivity index (χ3v) is 5.55. The minimum absolute atomic E-state index is 0.204. The molecule has 5 heteroatoms. The van der Waals surface area contributed by atoms with Gasteiger partial charge in [-0.2, -0.15) is 0 Å². The molecule has 0 aromatic heterocycles. The molecule has 1 aliphatic carbocycles. The van der Waals surface area contributed by atoms with Gasteiger partial charge in [0.1, 0.15) is 0 Å². The molecule has 21 heavy (non-hydrogen) atoms. The molecule has 2 aliphatic rings. The van der Waals surface area contributed by atoms with Crippen LogP contribution in [0.5, 0.6) is 0 Å². The van der Waals surface area contributed by atoms with E-state index in [9.17, 15) is 4.79 Å². The highest BCUT2D eigenvalue weighted by atomic mass is 35.5. The number of hydrogen-bond donors (Lipinski definition) is 1. The van der Waals surface area contributed by atoms with Gasteiger partial charge < -0.3 is 10.2 Å². The Balaban J connectivity index is 1.67. The third kappa shape index (κ3) is 2.92. The summed E-state index contributed by atoms with van der Waals surface area (Å²) in [4.78, 5) is 14.6. The van der Waals surface area contributed by atoms with Crippen molar-refractivity contribution < 1.29 is 4.79 Å². The van der Waals surface area contributed by atoms with Gasteiger partial charge in [-0.25, -0.2) is 0 Å². The number of benzene rings is 1. The molecule has 1 amide bonds. The molecule has 0 bridgehead atoms. The van der Waals surface area contributed by atoms with E-state index in [-0.39, 0.29) is 17.2 Å². The topological polar surface area (TPSA) is 32.3 Å². The van der Waals surface area contributed by atoms with Gasteiger partial charge in [-0.15, -0.1) is 0 Å². The molecule has 1 heterocycles. The van der Waals surface area contributed by atoms with Crippen molar-refractivity contribution in [1.29, 1.82) is 0 Å². The van der Waals surface area contributed by atoms with Crippen molar-refractivity contribution in [3.05, 3.63) is 33.8 Å². The lowest BCUT2D eigenvalue weighted by molar-refractivity contribution is -0.133. The highest BCUT2D eigenvalue weighted by molar-refractivity contribution is 6.42. The van der Waals surface area contributed by atoms with E-state index in [1.165, 1.54) is 0 Å². The fourth-order valence-electron chi connectivity index (χ4n) is 3.36. The minimum Gasteiger partial charge on any atom is -0.338 e. The molecule has 2 unspecified atom stereocenters. The number of halogens is 2. The third-order valence-electron chi connectivity index (χ3n) is 4.82. The van der Waals surface area contributed by atoms with Gasteiger partial charge in [-0.1, -0.05) is 29.3 Å². The monoisotopic (exact) mass is 326 g/mol. The summed E-state index contributed by atoms with van der Waals surface area (Å²) in [6, 6.07) is 5.57. The lowest BCUT2D eigenvalue weighted by Gasteiger charge is -2.22. The van der Waals surface area contributed by atoms with Crippen LogP contribution < -0.4 is 5.32 Å². The Labute approximate surface area is 135 Å². The maximum absolute atomic E-state index is 12.7. The van der Waals surface area contributed by atoms with Gasteiger partial charge in [0.25, 0.3) is 0 Å². The van der Waals surface area contributed by atoms with Gasteiger partial charge in [-0.3, -0.25) is 4.79 Å². The molecule has 3 rings (SSSR count). The fourth-order valence-corrected chi connectivity index (χ4v) is 3.68. The summed E-state index contributed by atoms with van der Waals surface area (Å²) in [5, 5.41) is 4.47. The Morgan fingerprint density at radius 2 is 2.24 bits per heavy atom. The van der Waals surface area contributed by atoms with Crippen LogP contribution in [0.2, 0.25) is 10.0 Å². The Morgan fingerprint density at radius 3 is 2.86 bits per heavy atom. The molecule has 0 radical (unpaired) electrons. The van der Waals surface area contributed by atoms with Crippen molar-refractivity contribution in [3.63, 3.8) is 0 Å². The Hall–Kier alpha value is -0.770. The van der Waals surface area contributed by atoms with E-state index in [1.807, 2.05) is 24.0 Å². The number of nitrogens with zero attached hydrogens (tertiary/aromatic N) is 1. The van der Waals surface area contributed by atoms with Crippen LogP contribution in [0.15, 0.2) is 18.2 Å². The molecule has 2 atom stereocenters. The van der Waals surface area contributed by atoms with Crippen LogP contribution in [-0.4, -0.2) is 30.4 Å². The summed E-state index contributed by atoms with van der Waals surface area (Å²) < 4.78 is 0. The SMILES string of the molecule is CCN(Cc1ccc(Cl)c(Cl)c1)C(=O)C1CC12CCNC2. The van der Waals surface area contributed by atoms with E-state index in [0.29, 0.717) is 16.6 Å². The van der Waals surface area contributed by atoms with Crippen LogP contribution in [0, 0.1) is 11.3 Å². The van der Waals surface area contributed by atoms with Crippen LogP contribution >= 0.6 is 23.2 Å². The zero-order valence-electron chi connectivity index (χ0n) is 12.2. The first-order chi connectivity index (χ1) is 10.1. The summed E-state index contributed by atoms with van der Waals surface area (Å²) in [5.74, 6) is 0.488. The smallest absolute Gasteiger partial charge is 0.226 e. The maximum atomic E-state index is 12.7. The van der Waals surface area contributed by atoms with Crippen LogP contribution in [0.1, 0.15) is 25.3 Å². The predicted octanol–water partition coefficient (Wildman–Crippen LogP) is 3.34. The summed E-state index contributed by atoms with van der Waals surface area (Å²) >= 11 is 12.0. The molecule has 1 aromatic carbocycles. The van der Waals surface area contributed by atoms with E-state index in [1.54, 1.807) is 6.07 Å². The second-order valence-corrected chi connectivity index (χ2v) is 6.96. The summed E-state index contributed by atoms with van der Waals surface area (Å²) in [6.07, 6.45) is 2.17. The second kappa shape index (κ2) is 5.79. The van der Waals surface area contributed by atoms with E-state index in [0.717, 1.165) is 38.0 Å². The van der Waals surface area contributed by atoms with Crippen molar-refractivity contribution in [1.82, 2.24) is 10.2 Å². The summed E-state index contributed by atoms with van der Waals surface area (Å²) in [6.45, 7) is 5.39. The summed E-state index contributed by atoms with van der Waals surface area (Å²) in [5.41, 5.74) is 1.28. The van der Waals surface area contributed by atoms with Crippen molar-refractivity contribution in [2.45, 2.75) is 26.3 Å². The molecule has 1 saturated heterocycles. The fraction of sp³-hybridized carbons (Fsp3) is 0.562. The largest absolute Gasteiger partial charge is 0.338 e. The molecular weight excluding hydrogens is 307 g/mol. The van der Waals surface area contributed by atoms with Crippen LogP contribution in [0.25, 0.3) is 0 Å². The standard InChI is InChI=1S/C16H20Cl2N2O/c1-2-20(9-11-3-4-13(17)14(18)7-11)15(21)12-8-16(12)5-6-19-10-16/h3-4,7,12,19H,2,5-6,8-10H2,1H3. The second-order valence-electron chi connectivity index (χ2n) is 6.15. The first-order valence-electron chi connectivity index (χ1n) is 7.49. The number of amides is 1. The average molecular weight is 327 g/mol. The van der Waals surface area contributed by atoms with E-state index >= 15 is 0 Å². The molecular formula is C16H20Cl2N2O. The van der Waals surface area contributed by atoms with Gasteiger partial charge in [0.15, 0.2) is 0 Å². The number of nitrogens with one attached hydrogen (secondary N) is 1. The molecule has 3 nitrogen and oxygen atoms in total. The van der Waals surface area contributed by atoms with Crippen molar-refractivity contribution >= 4 is 29.1 Å². The van der Waals surface area contributed by atoms with E-state index < -0.39 is 0 Å². The lowest BCUT2D eigenvalue weighted by Crippen LogP contribution is -2.33. The molecule has 1 saturated carbocycles. The van der Waals surface area contributed by atoms with E-state index in [2.05, 4.69) is 5.32 Å². The Morgan fingerprint density at radius 1 is 1.43 bits per heavy atom. The van der Waals surface area contributed by atoms with Crippen molar-refractivity contribution in [3.8, 4) is 0 Å². The molecule has 1 spiro atoms. The van der Waals surface area contributed by atoms with Crippen LogP contribution in [-0.2, 0) is 11.3 Å². The van der Waals surface area contributed by atoms with E-state index in [4.69, 9.17) is 23.2 Å². The maximum Gasteiger partial charge on any atom is 0.226 e. The Bertz CT molecular complexity index is 555. The van der Waals surface area contributed by atoms with Gasteiger partial charge in [0, 0.05) is 25.6 Å². The number of carbonyl (C=O) groups is 1. The molecule has 114 valence electrons. The highest BCUT2D eigenvalue weighted by Gasteiger charge is 2.59. The van der Waals surface area contributed by atoms with Gasteiger partial charge in [0.05, 0.1) is 10.0 Å². The minimum atomic E-state index is 0.204. The van der Waals surface area contributed by atoms with Gasteiger partial charge >= 0.3 is 0 Å². The first kappa shape index (κ1) is 15.1. The molecule has 1 N–H and O–H groups in total. The van der Waals surface area contributed by atoms with Gasteiger partial charge in [0.2, 0.25) is 5.91 Å². The first-order valence-corrected chi connectivity index (χ1v) is 8.25. The zero-order chi connectivity index (χ0) is 15.0. The van der Waals surface area contributed by atoms with Gasteiger partial charge in [-0.05, 0) is 49.4 Å². The normalized spacial score (nSPS) is 27.1. The van der Waals surface area contributed by atoms with Crippen LogP contribution in [0.3, 0.4) is 0 Å². The molecule has 1 aliphatic heterocycles. The zero-order valence-corrected chi connectivity index (χ0v) is 13.7. The Kier molecular flexibility index (Phi) is 4.17. The molecule has 1 aromatic rings. The number of carbonyl (C=O) groups excluding carboxylic acids is 1. The predicted molar refractivity (Wildman–Crippen MR) is 85.6 cm³/mol. The van der Waals surface area contributed by atoms with Crippen molar-refractivity contribution in [2.75, 3.05) is 19.6 Å². The quantitative estimate of drug-likeness (QED) is 0.920. The van der Waals surface area contributed by atoms with Crippen LogP contribution in [0.4, 0.5) is 0 Å².